The van der Waals surface area contributed by atoms with E-state index < -0.39 is 0 Å². The van der Waals surface area contributed by atoms with Crippen LogP contribution >= 0.6 is 11.6 Å². The van der Waals surface area contributed by atoms with Gasteiger partial charge in [0.2, 0.25) is 0 Å². The molecular formula is C15H23ClN4O. The Hall–Kier alpha value is -1.20. The second-order valence-corrected chi connectivity index (χ2v) is 6.33. The number of carbonyl (C=O) groups is 1. The van der Waals surface area contributed by atoms with Crippen molar-refractivity contribution >= 4 is 17.5 Å². The van der Waals surface area contributed by atoms with Gasteiger partial charge in [0.25, 0.3) is 5.91 Å². The Morgan fingerprint density at radius 1 is 1.52 bits per heavy atom. The van der Waals surface area contributed by atoms with Crippen LogP contribution in [0.2, 0.25) is 5.02 Å². The number of likely N-dealkylation sites (tertiary alicyclic amines) is 1. The molecule has 1 aliphatic heterocycles. The van der Waals surface area contributed by atoms with Crippen LogP contribution in [0.1, 0.15) is 55.3 Å². The van der Waals surface area contributed by atoms with E-state index >= 15 is 0 Å². The van der Waals surface area contributed by atoms with E-state index in [9.17, 15) is 4.79 Å². The van der Waals surface area contributed by atoms with Crippen LogP contribution in [0.3, 0.4) is 0 Å². The molecular weight excluding hydrogens is 288 g/mol. The van der Waals surface area contributed by atoms with Crippen molar-refractivity contribution in [1.82, 2.24) is 20.2 Å². The molecule has 21 heavy (non-hydrogen) atoms. The molecule has 1 amide bonds. The van der Waals surface area contributed by atoms with Crippen LogP contribution < -0.4 is 5.32 Å². The first kappa shape index (κ1) is 16.2. The van der Waals surface area contributed by atoms with Crippen molar-refractivity contribution in [2.75, 3.05) is 20.1 Å². The van der Waals surface area contributed by atoms with Crippen LogP contribution in [-0.2, 0) is 0 Å². The zero-order valence-corrected chi connectivity index (χ0v) is 13.7. The highest BCUT2D eigenvalue weighted by Gasteiger charge is 2.21. The first-order chi connectivity index (χ1) is 9.99. The Morgan fingerprint density at radius 2 is 2.29 bits per heavy atom. The van der Waals surface area contributed by atoms with Crippen molar-refractivity contribution in [2.24, 2.45) is 0 Å². The van der Waals surface area contributed by atoms with Gasteiger partial charge in [0, 0.05) is 18.5 Å². The number of nitrogens with zero attached hydrogens (tertiary/aromatic N) is 3. The predicted molar refractivity (Wildman–Crippen MR) is 83.7 cm³/mol. The lowest BCUT2D eigenvalue weighted by atomic mass is 10.0. The highest BCUT2D eigenvalue weighted by molar-refractivity contribution is 6.33. The van der Waals surface area contributed by atoms with E-state index in [1.165, 1.54) is 19.0 Å². The third-order valence-electron chi connectivity index (χ3n) is 3.91. The van der Waals surface area contributed by atoms with Crippen LogP contribution in [0.4, 0.5) is 0 Å². The van der Waals surface area contributed by atoms with Gasteiger partial charge >= 0.3 is 0 Å². The molecule has 0 aromatic carbocycles. The summed E-state index contributed by atoms with van der Waals surface area (Å²) in [7, 11) is 2.10. The zero-order valence-electron chi connectivity index (χ0n) is 12.9. The van der Waals surface area contributed by atoms with E-state index in [0.717, 1.165) is 13.0 Å². The highest BCUT2D eigenvalue weighted by Crippen LogP contribution is 2.17. The van der Waals surface area contributed by atoms with Gasteiger partial charge in [-0.15, -0.1) is 0 Å². The fraction of sp³-hybridized carbons (Fsp3) is 0.667. The van der Waals surface area contributed by atoms with Crippen LogP contribution in [0.5, 0.6) is 0 Å². The zero-order chi connectivity index (χ0) is 15.4. The number of carbonyl (C=O) groups excluding carboxylic acids is 1. The molecule has 1 unspecified atom stereocenters. The van der Waals surface area contributed by atoms with E-state index in [0.29, 0.717) is 23.4 Å². The normalized spacial score (nSPS) is 19.8. The number of aromatic nitrogens is 2. The molecule has 2 heterocycles. The maximum atomic E-state index is 12.3. The Balaban J connectivity index is 2.01. The van der Waals surface area contributed by atoms with Crippen LogP contribution in [0, 0.1) is 0 Å². The molecule has 0 saturated carbocycles. The van der Waals surface area contributed by atoms with E-state index in [-0.39, 0.29) is 17.5 Å². The van der Waals surface area contributed by atoms with Gasteiger partial charge in [-0.1, -0.05) is 31.9 Å². The summed E-state index contributed by atoms with van der Waals surface area (Å²) in [6, 6.07) is 0.396. The maximum absolute atomic E-state index is 12.3. The fourth-order valence-corrected chi connectivity index (χ4v) is 2.69. The van der Waals surface area contributed by atoms with Gasteiger partial charge in [-0.3, -0.25) is 4.79 Å². The molecule has 0 bridgehead atoms. The van der Waals surface area contributed by atoms with Gasteiger partial charge in [0.05, 0.1) is 11.2 Å². The second kappa shape index (κ2) is 7.18. The SMILES string of the molecule is CC(C)c1ncc(Cl)c(C(=O)NCC2CCCCN2C)n1. The molecule has 2 rings (SSSR count). The van der Waals surface area contributed by atoms with Gasteiger partial charge in [-0.05, 0) is 26.4 Å². The van der Waals surface area contributed by atoms with Crippen molar-refractivity contribution in [3.63, 3.8) is 0 Å². The number of amides is 1. The van der Waals surface area contributed by atoms with E-state index in [1.54, 1.807) is 0 Å². The molecule has 1 saturated heterocycles. The minimum atomic E-state index is -0.219. The summed E-state index contributed by atoms with van der Waals surface area (Å²) in [6.07, 6.45) is 5.07. The lowest BCUT2D eigenvalue weighted by Gasteiger charge is -2.32. The minimum Gasteiger partial charge on any atom is -0.349 e. The van der Waals surface area contributed by atoms with E-state index in [2.05, 4.69) is 27.2 Å². The lowest BCUT2D eigenvalue weighted by Crippen LogP contribution is -2.44. The number of halogens is 1. The molecule has 6 heteroatoms. The van der Waals surface area contributed by atoms with Crippen LogP contribution in [0.15, 0.2) is 6.20 Å². The van der Waals surface area contributed by atoms with E-state index in [1.807, 2.05) is 13.8 Å². The number of hydrogen-bond donors (Lipinski definition) is 1. The van der Waals surface area contributed by atoms with Crippen molar-refractivity contribution in [3.8, 4) is 0 Å². The molecule has 0 spiro atoms. The third-order valence-corrected chi connectivity index (χ3v) is 4.19. The van der Waals surface area contributed by atoms with E-state index in [4.69, 9.17) is 11.6 Å². The quantitative estimate of drug-likeness (QED) is 0.928. The van der Waals surface area contributed by atoms with Gasteiger partial charge in [-0.25, -0.2) is 9.97 Å². The standard InChI is InChI=1S/C15H23ClN4O/c1-10(2)14-17-9-12(16)13(19-14)15(21)18-8-11-6-4-5-7-20(11)3/h9-11H,4-8H2,1-3H3,(H,18,21). The summed E-state index contributed by atoms with van der Waals surface area (Å²) in [5.41, 5.74) is 0.272. The van der Waals surface area contributed by atoms with Crippen LogP contribution in [-0.4, -0.2) is 47.0 Å². The van der Waals surface area contributed by atoms with Gasteiger partial charge in [0.15, 0.2) is 0 Å². The molecule has 1 N–H and O–H groups in total. The number of hydrogen-bond acceptors (Lipinski definition) is 4. The topological polar surface area (TPSA) is 58.1 Å². The Bertz CT molecular complexity index is 506. The summed E-state index contributed by atoms with van der Waals surface area (Å²) in [6.45, 7) is 5.70. The van der Waals surface area contributed by atoms with Gasteiger partial charge in [-0.2, -0.15) is 0 Å². The second-order valence-electron chi connectivity index (χ2n) is 5.92. The van der Waals surface area contributed by atoms with Gasteiger partial charge < -0.3 is 10.2 Å². The number of nitrogens with one attached hydrogen (secondary N) is 1. The highest BCUT2D eigenvalue weighted by atomic mass is 35.5. The smallest absolute Gasteiger partial charge is 0.271 e. The Labute approximate surface area is 131 Å². The third kappa shape index (κ3) is 4.14. The summed E-state index contributed by atoms with van der Waals surface area (Å²) >= 11 is 6.05. The van der Waals surface area contributed by atoms with Crippen molar-refractivity contribution < 1.29 is 4.79 Å². The van der Waals surface area contributed by atoms with Crippen LogP contribution in [0.25, 0.3) is 0 Å². The first-order valence-corrected chi connectivity index (χ1v) is 7.87. The summed E-state index contributed by atoms with van der Waals surface area (Å²) in [5, 5.41) is 3.25. The molecule has 0 radical (unpaired) electrons. The fourth-order valence-electron chi connectivity index (χ4n) is 2.51. The Kier molecular flexibility index (Phi) is 5.53. The summed E-state index contributed by atoms with van der Waals surface area (Å²) in [5.74, 6) is 0.584. The predicted octanol–water partition coefficient (Wildman–Crippen LogP) is 2.47. The molecule has 1 aromatic rings. The summed E-state index contributed by atoms with van der Waals surface area (Å²) in [4.78, 5) is 23.0. The molecule has 1 aliphatic rings. The van der Waals surface area contributed by atoms with Crippen molar-refractivity contribution in [1.29, 1.82) is 0 Å². The average Bonchev–Trinajstić information content (AvgIpc) is 2.46. The van der Waals surface area contributed by atoms with Crippen molar-refractivity contribution in [2.45, 2.75) is 45.1 Å². The van der Waals surface area contributed by atoms with Crippen molar-refractivity contribution in [3.05, 3.63) is 22.7 Å². The Morgan fingerprint density at radius 3 is 2.95 bits per heavy atom. The summed E-state index contributed by atoms with van der Waals surface area (Å²) < 4.78 is 0. The van der Waals surface area contributed by atoms with Gasteiger partial charge in [0.1, 0.15) is 11.5 Å². The monoisotopic (exact) mass is 310 g/mol. The molecule has 0 aliphatic carbocycles. The average molecular weight is 311 g/mol. The molecule has 116 valence electrons. The molecule has 1 aromatic heterocycles. The number of rotatable bonds is 4. The maximum Gasteiger partial charge on any atom is 0.271 e. The molecule has 1 atom stereocenters. The number of piperidine rings is 1. The minimum absolute atomic E-state index is 0.165. The number of likely N-dealkylation sites (N-methyl/N-ethyl adjacent to an activating group) is 1. The molecule has 1 fully saturated rings. The first-order valence-electron chi connectivity index (χ1n) is 7.50. The largest absolute Gasteiger partial charge is 0.349 e. The lowest BCUT2D eigenvalue weighted by molar-refractivity contribution is 0.0923. The molecule has 5 nitrogen and oxygen atoms in total.